The van der Waals surface area contributed by atoms with Gasteiger partial charge in [-0.2, -0.15) is 13.7 Å². The molecule has 0 saturated carbocycles. The number of hydrogen-bond donors (Lipinski definition) is 0. The molecule has 31 heavy (non-hydrogen) atoms. The number of halogens is 2. The molecule has 3 rings (SSSR count). The lowest BCUT2D eigenvalue weighted by molar-refractivity contribution is -0.384. The summed E-state index contributed by atoms with van der Waals surface area (Å²) in [6, 6.07) is 17.6. The molecule has 156 valence electrons. The van der Waals surface area contributed by atoms with E-state index in [4.69, 9.17) is 15.8 Å². The van der Waals surface area contributed by atoms with Crippen LogP contribution in [0.25, 0.3) is 11.6 Å². The van der Waals surface area contributed by atoms with Crippen LogP contribution in [0.2, 0.25) is 5.02 Å². The summed E-state index contributed by atoms with van der Waals surface area (Å²) in [4.78, 5) is 10.2. The third-order valence-corrected chi connectivity index (χ3v) is 6.08. The van der Waals surface area contributed by atoms with E-state index in [9.17, 15) is 23.8 Å². The molecule has 0 N–H and O–H groups in total. The maximum Gasteiger partial charge on any atom is 0.339 e. The second kappa shape index (κ2) is 9.31. The van der Waals surface area contributed by atoms with Gasteiger partial charge in [0.05, 0.1) is 16.6 Å². The van der Waals surface area contributed by atoms with Crippen molar-refractivity contribution in [1.29, 1.82) is 5.26 Å². The second-order valence-corrected chi connectivity index (χ2v) is 9.05. The number of allylic oxidation sites excluding steroid dienone is 1. The quantitative estimate of drug-likeness (QED) is 0.133. The Morgan fingerprint density at radius 3 is 2.32 bits per heavy atom. The van der Waals surface area contributed by atoms with Crippen molar-refractivity contribution < 1.29 is 17.5 Å². The first kappa shape index (κ1) is 22.5. The highest BCUT2D eigenvalue weighted by Crippen LogP contribution is 2.30. The van der Waals surface area contributed by atoms with Gasteiger partial charge < -0.3 is 4.18 Å². The molecule has 0 aliphatic heterocycles. The van der Waals surface area contributed by atoms with Crippen molar-refractivity contribution >= 4 is 55.0 Å². The van der Waals surface area contributed by atoms with Crippen molar-refractivity contribution in [1.82, 2.24) is 0 Å². The Labute approximate surface area is 191 Å². The zero-order chi connectivity index (χ0) is 22.6. The molecule has 10 heteroatoms. The number of rotatable bonds is 6. The van der Waals surface area contributed by atoms with Crippen LogP contribution < -0.4 is 4.18 Å². The first-order valence-electron chi connectivity index (χ1n) is 8.56. The molecular weight excluding hydrogens is 508 g/mol. The van der Waals surface area contributed by atoms with Crippen molar-refractivity contribution in [2.24, 2.45) is 0 Å². The normalized spacial score (nSPS) is 11.6. The van der Waals surface area contributed by atoms with Crippen molar-refractivity contribution in [3.63, 3.8) is 0 Å². The van der Waals surface area contributed by atoms with E-state index < -0.39 is 15.0 Å². The van der Waals surface area contributed by atoms with E-state index in [0.29, 0.717) is 20.6 Å². The molecule has 3 aromatic carbocycles. The van der Waals surface area contributed by atoms with Gasteiger partial charge in [0.2, 0.25) is 0 Å². The predicted molar refractivity (Wildman–Crippen MR) is 120 cm³/mol. The lowest BCUT2D eigenvalue weighted by Gasteiger charge is -2.11. The molecule has 0 amide bonds. The van der Waals surface area contributed by atoms with Crippen LogP contribution in [-0.2, 0) is 10.1 Å². The molecule has 0 saturated heterocycles. The van der Waals surface area contributed by atoms with Gasteiger partial charge in [-0.15, -0.1) is 0 Å². The molecule has 0 aromatic heterocycles. The van der Waals surface area contributed by atoms with Gasteiger partial charge in [-0.05, 0) is 66.2 Å². The zero-order valence-electron chi connectivity index (χ0n) is 15.5. The van der Waals surface area contributed by atoms with Gasteiger partial charge in [0, 0.05) is 27.2 Å². The number of nitriles is 1. The molecule has 3 aromatic rings. The monoisotopic (exact) mass is 518 g/mol. The standard InChI is InChI=1S/C21H12BrClN2O5S/c22-17-3-10-21(30-31(28,29)20-8-4-18(23)5-9-20)15(12-17)11-16(13-24)14-1-6-19(7-2-14)25(26)27/h1-12H/b16-11+. The summed E-state index contributed by atoms with van der Waals surface area (Å²) in [5.41, 5.74) is 0.810. The van der Waals surface area contributed by atoms with Crippen molar-refractivity contribution in [2.75, 3.05) is 0 Å². The average Bonchev–Trinajstić information content (AvgIpc) is 2.74. The number of nitro groups is 1. The molecule has 0 aliphatic carbocycles. The molecule has 0 spiro atoms. The van der Waals surface area contributed by atoms with E-state index in [-0.39, 0.29) is 21.9 Å². The average molecular weight is 520 g/mol. The minimum absolute atomic E-state index is 0.00723. The van der Waals surface area contributed by atoms with Gasteiger partial charge in [0.15, 0.2) is 0 Å². The number of non-ortho nitro benzene ring substituents is 1. The Morgan fingerprint density at radius 2 is 1.74 bits per heavy atom. The number of hydrogen-bond acceptors (Lipinski definition) is 6. The molecule has 0 unspecified atom stereocenters. The molecule has 0 heterocycles. The number of nitrogens with zero attached hydrogens (tertiary/aromatic N) is 2. The molecule has 0 atom stereocenters. The van der Waals surface area contributed by atoms with E-state index in [1.54, 1.807) is 12.1 Å². The Hall–Kier alpha value is -3.19. The van der Waals surface area contributed by atoms with E-state index in [1.807, 2.05) is 6.07 Å². The second-order valence-electron chi connectivity index (χ2n) is 6.15. The van der Waals surface area contributed by atoms with Crippen molar-refractivity contribution in [2.45, 2.75) is 4.90 Å². The molecule has 0 aliphatic rings. The van der Waals surface area contributed by atoms with E-state index in [2.05, 4.69) is 15.9 Å². The third-order valence-electron chi connectivity index (χ3n) is 4.08. The van der Waals surface area contributed by atoms with Crippen LogP contribution in [0.1, 0.15) is 11.1 Å². The molecule has 7 nitrogen and oxygen atoms in total. The third kappa shape index (κ3) is 5.49. The fourth-order valence-corrected chi connectivity index (χ4v) is 4.03. The topological polar surface area (TPSA) is 110 Å². The summed E-state index contributed by atoms with van der Waals surface area (Å²) in [5, 5.41) is 20.8. The first-order chi connectivity index (χ1) is 14.7. The molecule has 0 fully saturated rings. The van der Waals surface area contributed by atoms with Gasteiger partial charge in [-0.1, -0.05) is 27.5 Å². The van der Waals surface area contributed by atoms with Gasteiger partial charge in [-0.25, -0.2) is 0 Å². The van der Waals surface area contributed by atoms with Crippen LogP contribution >= 0.6 is 27.5 Å². The molecule has 0 bridgehead atoms. The summed E-state index contributed by atoms with van der Waals surface area (Å²) in [5.74, 6) is 0.00723. The summed E-state index contributed by atoms with van der Waals surface area (Å²) in [7, 11) is -4.15. The Kier molecular flexibility index (Phi) is 6.75. The summed E-state index contributed by atoms with van der Waals surface area (Å²) < 4.78 is 31.2. The summed E-state index contributed by atoms with van der Waals surface area (Å²) >= 11 is 9.12. The van der Waals surface area contributed by atoms with Crippen LogP contribution in [0.5, 0.6) is 5.75 Å². The molecule has 0 radical (unpaired) electrons. The minimum Gasteiger partial charge on any atom is -0.378 e. The van der Waals surface area contributed by atoms with E-state index >= 15 is 0 Å². The van der Waals surface area contributed by atoms with Gasteiger partial charge in [0.1, 0.15) is 10.6 Å². The van der Waals surface area contributed by atoms with Crippen molar-refractivity contribution in [3.8, 4) is 11.8 Å². The van der Waals surface area contributed by atoms with E-state index in [0.717, 1.165) is 0 Å². The SMILES string of the molecule is N#C/C(=C\c1cc(Br)ccc1OS(=O)(=O)c1ccc(Cl)cc1)c1ccc([N+](=O)[O-])cc1. The minimum atomic E-state index is -4.15. The Balaban J connectivity index is 2.01. The summed E-state index contributed by atoms with van der Waals surface area (Å²) in [6.07, 6.45) is 1.44. The van der Waals surface area contributed by atoms with Crippen LogP contribution in [-0.4, -0.2) is 13.3 Å². The lowest BCUT2D eigenvalue weighted by atomic mass is 10.0. The summed E-state index contributed by atoms with van der Waals surface area (Å²) in [6.45, 7) is 0. The van der Waals surface area contributed by atoms with Gasteiger partial charge in [0.25, 0.3) is 5.69 Å². The Morgan fingerprint density at radius 1 is 1.10 bits per heavy atom. The maximum atomic E-state index is 12.7. The first-order valence-corrected chi connectivity index (χ1v) is 11.1. The smallest absolute Gasteiger partial charge is 0.339 e. The Bertz CT molecular complexity index is 1320. The van der Waals surface area contributed by atoms with Crippen LogP contribution in [0.3, 0.4) is 0 Å². The maximum absolute atomic E-state index is 12.7. The highest BCUT2D eigenvalue weighted by atomic mass is 79.9. The largest absolute Gasteiger partial charge is 0.378 e. The highest BCUT2D eigenvalue weighted by molar-refractivity contribution is 9.10. The van der Waals surface area contributed by atoms with E-state index in [1.165, 1.54) is 60.7 Å². The highest BCUT2D eigenvalue weighted by Gasteiger charge is 2.19. The van der Waals surface area contributed by atoms with Crippen LogP contribution in [0.15, 0.2) is 76.1 Å². The van der Waals surface area contributed by atoms with Crippen LogP contribution in [0.4, 0.5) is 5.69 Å². The molecular formula is C21H12BrClN2O5S. The zero-order valence-corrected chi connectivity index (χ0v) is 18.7. The van der Waals surface area contributed by atoms with Gasteiger partial charge >= 0.3 is 10.1 Å². The fraction of sp³-hybridized carbons (Fsp3) is 0. The van der Waals surface area contributed by atoms with Gasteiger partial charge in [-0.3, -0.25) is 10.1 Å². The van der Waals surface area contributed by atoms with Crippen LogP contribution in [0, 0.1) is 21.4 Å². The van der Waals surface area contributed by atoms with Crippen molar-refractivity contribution in [3.05, 3.63) is 97.5 Å². The predicted octanol–water partition coefficient (Wildman–Crippen LogP) is 5.84. The number of nitro benzene ring substituents is 1. The number of benzene rings is 3. The lowest BCUT2D eigenvalue weighted by Crippen LogP contribution is -2.10. The fourth-order valence-electron chi connectivity index (χ4n) is 2.57.